The van der Waals surface area contributed by atoms with Gasteiger partial charge in [0.05, 0.1) is 29.5 Å². The molecule has 0 fully saturated rings. The molecular weight excluding hydrogens is 400 g/mol. The van der Waals surface area contributed by atoms with E-state index in [0.717, 1.165) is 10.5 Å². The zero-order chi connectivity index (χ0) is 22.0. The van der Waals surface area contributed by atoms with E-state index in [0.29, 0.717) is 11.4 Å². The summed E-state index contributed by atoms with van der Waals surface area (Å²) >= 11 is 0. The number of hydrogen-bond acceptors (Lipinski definition) is 6. The molecule has 0 saturated heterocycles. The quantitative estimate of drug-likeness (QED) is 0.487. The molecule has 2 heterocycles. The maximum Gasteiger partial charge on any atom is 0.338 e. The van der Waals surface area contributed by atoms with Gasteiger partial charge in [0.1, 0.15) is 5.76 Å². The van der Waals surface area contributed by atoms with E-state index in [2.05, 4.69) is 5.32 Å². The Morgan fingerprint density at radius 2 is 1.77 bits per heavy atom. The summed E-state index contributed by atoms with van der Waals surface area (Å²) < 4.78 is 10.3. The predicted octanol–water partition coefficient (Wildman–Crippen LogP) is 3.18. The minimum Gasteiger partial charge on any atom is -0.467 e. The Bertz CT molecular complexity index is 1180. The van der Waals surface area contributed by atoms with Gasteiger partial charge in [0, 0.05) is 5.69 Å². The van der Waals surface area contributed by atoms with Gasteiger partial charge in [-0.15, -0.1) is 0 Å². The first-order valence-electron chi connectivity index (χ1n) is 9.49. The van der Waals surface area contributed by atoms with E-state index in [9.17, 15) is 19.2 Å². The normalized spacial score (nSPS) is 12.6. The van der Waals surface area contributed by atoms with Crippen LogP contribution in [0, 0.1) is 6.92 Å². The molecule has 1 aliphatic rings. The first-order chi connectivity index (χ1) is 14.9. The summed E-state index contributed by atoms with van der Waals surface area (Å²) in [5.74, 6) is -1.78. The fraction of sp³-hybridized carbons (Fsp3) is 0.130. The number of hydrogen-bond donors (Lipinski definition) is 1. The Morgan fingerprint density at radius 3 is 2.52 bits per heavy atom. The molecule has 31 heavy (non-hydrogen) atoms. The number of imide groups is 1. The van der Waals surface area contributed by atoms with Crippen LogP contribution in [-0.2, 0) is 16.1 Å². The van der Waals surface area contributed by atoms with Gasteiger partial charge in [-0.3, -0.25) is 19.3 Å². The smallest absolute Gasteiger partial charge is 0.338 e. The van der Waals surface area contributed by atoms with Crippen molar-refractivity contribution in [1.82, 2.24) is 4.90 Å². The molecule has 1 aliphatic heterocycles. The molecule has 8 heteroatoms. The highest BCUT2D eigenvalue weighted by atomic mass is 16.5. The molecule has 0 radical (unpaired) electrons. The van der Waals surface area contributed by atoms with Crippen LogP contribution in [0.4, 0.5) is 5.69 Å². The molecule has 156 valence electrons. The van der Waals surface area contributed by atoms with Crippen molar-refractivity contribution in [2.24, 2.45) is 0 Å². The average molecular weight is 418 g/mol. The van der Waals surface area contributed by atoms with Gasteiger partial charge in [-0.05, 0) is 48.9 Å². The molecule has 0 spiro atoms. The molecule has 0 saturated carbocycles. The van der Waals surface area contributed by atoms with Gasteiger partial charge in [0.15, 0.2) is 6.61 Å². The lowest BCUT2D eigenvalue weighted by atomic mass is 10.1. The molecule has 8 nitrogen and oxygen atoms in total. The number of furan rings is 1. The summed E-state index contributed by atoms with van der Waals surface area (Å²) in [5, 5.41) is 2.67. The SMILES string of the molecule is Cc1ccccc1NC(=O)COC(=O)c1ccc2c(c1)C(=O)N(Cc1ccco1)C2=O. The first kappa shape index (κ1) is 20.1. The standard InChI is InChI=1S/C23H18N2O6/c1-14-5-2-3-7-19(14)24-20(26)13-31-23(29)15-8-9-17-18(11-15)22(28)25(21(17)27)12-16-6-4-10-30-16/h2-11H,12-13H2,1H3,(H,24,26). The molecule has 0 atom stereocenters. The van der Waals surface area contributed by atoms with Gasteiger partial charge in [0.25, 0.3) is 17.7 Å². The van der Waals surface area contributed by atoms with E-state index in [1.54, 1.807) is 24.3 Å². The van der Waals surface area contributed by atoms with Crippen LogP contribution < -0.4 is 5.32 Å². The van der Waals surface area contributed by atoms with Gasteiger partial charge in [0.2, 0.25) is 0 Å². The van der Waals surface area contributed by atoms with Crippen LogP contribution in [0.3, 0.4) is 0 Å². The third kappa shape index (κ3) is 4.09. The number of esters is 1. The first-order valence-corrected chi connectivity index (χ1v) is 9.49. The summed E-state index contributed by atoms with van der Waals surface area (Å²) in [4.78, 5) is 50.7. The van der Waals surface area contributed by atoms with Crippen molar-refractivity contribution in [2.75, 3.05) is 11.9 Å². The molecule has 2 aromatic carbocycles. The number of ether oxygens (including phenoxy) is 1. The fourth-order valence-electron chi connectivity index (χ4n) is 3.23. The Balaban J connectivity index is 1.41. The highest BCUT2D eigenvalue weighted by Crippen LogP contribution is 2.26. The number of nitrogens with zero attached hydrogens (tertiary/aromatic N) is 1. The summed E-state index contributed by atoms with van der Waals surface area (Å²) in [6.45, 7) is 1.36. The maximum absolute atomic E-state index is 12.7. The number of nitrogens with one attached hydrogen (secondary N) is 1. The van der Waals surface area contributed by atoms with Gasteiger partial charge < -0.3 is 14.5 Å². The summed E-state index contributed by atoms with van der Waals surface area (Å²) in [6.07, 6.45) is 1.46. The second-order valence-corrected chi connectivity index (χ2v) is 6.98. The Labute approximate surface area is 177 Å². The third-order valence-electron chi connectivity index (χ3n) is 4.85. The topological polar surface area (TPSA) is 106 Å². The summed E-state index contributed by atoms with van der Waals surface area (Å²) in [7, 11) is 0. The van der Waals surface area contributed by atoms with Crippen molar-refractivity contribution in [3.8, 4) is 0 Å². The molecular formula is C23H18N2O6. The van der Waals surface area contributed by atoms with E-state index in [1.807, 2.05) is 19.1 Å². The van der Waals surface area contributed by atoms with Crippen LogP contribution >= 0.6 is 0 Å². The largest absolute Gasteiger partial charge is 0.467 e. The van der Waals surface area contributed by atoms with Crippen LogP contribution in [-0.4, -0.2) is 35.2 Å². The van der Waals surface area contributed by atoms with Gasteiger partial charge in [-0.2, -0.15) is 0 Å². The third-order valence-corrected chi connectivity index (χ3v) is 4.85. The Kier molecular flexibility index (Phi) is 5.36. The van der Waals surface area contributed by atoms with Crippen LogP contribution in [0.1, 0.15) is 42.4 Å². The van der Waals surface area contributed by atoms with E-state index < -0.39 is 30.3 Å². The zero-order valence-electron chi connectivity index (χ0n) is 16.6. The van der Waals surface area contributed by atoms with Crippen LogP contribution in [0.2, 0.25) is 0 Å². The van der Waals surface area contributed by atoms with Crippen LogP contribution in [0.25, 0.3) is 0 Å². The van der Waals surface area contributed by atoms with Gasteiger partial charge in [-0.25, -0.2) is 4.79 Å². The molecule has 4 rings (SSSR count). The highest BCUT2D eigenvalue weighted by Gasteiger charge is 2.36. The lowest BCUT2D eigenvalue weighted by molar-refractivity contribution is -0.119. The fourth-order valence-corrected chi connectivity index (χ4v) is 3.23. The molecule has 0 bridgehead atoms. The zero-order valence-corrected chi connectivity index (χ0v) is 16.6. The lowest BCUT2D eigenvalue weighted by Gasteiger charge is -2.11. The van der Waals surface area contributed by atoms with Gasteiger partial charge in [-0.1, -0.05) is 18.2 Å². The number of amides is 3. The molecule has 1 aromatic heterocycles. The summed E-state index contributed by atoms with van der Waals surface area (Å²) in [5.41, 5.74) is 1.88. The number of carbonyl (C=O) groups is 4. The Hall–Kier alpha value is -4.20. The highest BCUT2D eigenvalue weighted by molar-refractivity contribution is 6.21. The predicted molar refractivity (Wildman–Crippen MR) is 109 cm³/mol. The number of carbonyl (C=O) groups excluding carboxylic acids is 4. The maximum atomic E-state index is 12.7. The monoisotopic (exact) mass is 418 g/mol. The van der Waals surface area contributed by atoms with E-state index >= 15 is 0 Å². The number of anilines is 1. The second-order valence-electron chi connectivity index (χ2n) is 6.98. The number of fused-ring (bicyclic) bond motifs is 1. The van der Waals surface area contributed by atoms with Crippen molar-refractivity contribution >= 4 is 29.4 Å². The van der Waals surface area contributed by atoms with Gasteiger partial charge >= 0.3 is 5.97 Å². The average Bonchev–Trinajstić information content (AvgIpc) is 3.36. The van der Waals surface area contributed by atoms with E-state index in [-0.39, 0.29) is 23.2 Å². The van der Waals surface area contributed by atoms with Crippen molar-refractivity contribution in [3.63, 3.8) is 0 Å². The van der Waals surface area contributed by atoms with E-state index in [1.165, 1.54) is 24.5 Å². The number of para-hydroxylation sites is 1. The molecule has 1 N–H and O–H groups in total. The van der Waals surface area contributed by atoms with Crippen molar-refractivity contribution in [1.29, 1.82) is 0 Å². The van der Waals surface area contributed by atoms with Crippen LogP contribution in [0.5, 0.6) is 0 Å². The number of aryl methyl sites for hydroxylation is 1. The summed E-state index contributed by atoms with van der Waals surface area (Å²) in [6, 6.07) is 14.6. The minimum absolute atomic E-state index is 0.00179. The van der Waals surface area contributed by atoms with E-state index in [4.69, 9.17) is 9.15 Å². The molecule has 3 aromatic rings. The number of benzene rings is 2. The second kappa shape index (κ2) is 8.27. The lowest BCUT2D eigenvalue weighted by Crippen LogP contribution is -2.28. The molecule has 0 unspecified atom stereocenters. The minimum atomic E-state index is -0.771. The van der Waals surface area contributed by atoms with Crippen LogP contribution in [0.15, 0.2) is 65.3 Å². The Morgan fingerprint density at radius 1 is 1.00 bits per heavy atom. The molecule has 3 amide bonds. The number of rotatable bonds is 6. The van der Waals surface area contributed by atoms with Crippen molar-refractivity contribution in [3.05, 3.63) is 88.9 Å². The molecule has 0 aliphatic carbocycles. The van der Waals surface area contributed by atoms with Crippen molar-refractivity contribution in [2.45, 2.75) is 13.5 Å². The van der Waals surface area contributed by atoms with Crippen molar-refractivity contribution < 1.29 is 28.3 Å².